The minimum atomic E-state index is -0.772. The Morgan fingerprint density at radius 3 is 2.38 bits per heavy atom. The number of anilines is 1. The van der Waals surface area contributed by atoms with E-state index in [1.54, 1.807) is 24.3 Å². The number of ether oxygens (including phenoxy) is 1. The van der Waals surface area contributed by atoms with Crippen LogP contribution in [0.3, 0.4) is 0 Å². The summed E-state index contributed by atoms with van der Waals surface area (Å²) >= 11 is 0. The van der Waals surface area contributed by atoms with Gasteiger partial charge in [0.1, 0.15) is 6.04 Å². The maximum Gasteiger partial charge on any atom is 0.338 e. The molecular formula is C14H19N3O4. The van der Waals surface area contributed by atoms with Crippen molar-refractivity contribution in [2.24, 2.45) is 5.73 Å². The molecule has 1 atom stereocenters. The molecule has 1 rings (SSSR count). The Morgan fingerprint density at radius 1 is 1.24 bits per heavy atom. The molecular weight excluding hydrogens is 274 g/mol. The van der Waals surface area contributed by atoms with Crippen LogP contribution in [0.1, 0.15) is 30.6 Å². The lowest BCUT2D eigenvalue weighted by Gasteiger charge is -2.12. The Bertz CT molecular complexity index is 513. The van der Waals surface area contributed by atoms with E-state index in [0.29, 0.717) is 17.9 Å². The Morgan fingerprint density at radius 2 is 1.86 bits per heavy atom. The molecule has 0 saturated heterocycles. The number of nitrogens with one attached hydrogen (secondary N) is 2. The summed E-state index contributed by atoms with van der Waals surface area (Å²) in [7, 11) is 0. The molecule has 0 spiro atoms. The molecule has 0 heterocycles. The van der Waals surface area contributed by atoms with E-state index in [1.807, 2.05) is 6.92 Å². The van der Waals surface area contributed by atoms with E-state index < -0.39 is 23.9 Å². The highest BCUT2D eigenvalue weighted by Gasteiger charge is 2.14. The van der Waals surface area contributed by atoms with Crippen molar-refractivity contribution < 1.29 is 19.1 Å². The molecule has 0 fully saturated rings. The summed E-state index contributed by atoms with van der Waals surface area (Å²) in [6.45, 7) is 3.79. The van der Waals surface area contributed by atoms with Crippen molar-refractivity contribution in [3.05, 3.63) is 29.8 Å². The van der Waals surface area contributed by atoms with E-state index in [0.717, 1.165) is 6.42 Å². The van der Waals surface area contributed by atoms with Gasteiger partial charge in [-0.1, -0.05) is 6.92 Å². The van der Waals surface area contributed by atoms with Crippen LogP contribution in [0, 0.1) is 0 Å². The van der Waals surface area contributed by atoms with Crippen LogP contribution < -0.4 is 16.4 Å². The minimum Gasteiger partial charge on any atom is -0.462 e. The SMILES string of the molecule is CCCOC(=O)c1ccc(NC(=O)C(C)NC(N)=O)cc1. The summed E-state index contributed by atoms with van der Waals surface area (Å²) in [5.74, 6) is -0.811. The van der Waals surface area contributed by atoms with Gasteiger partial charge in [0.05, 0.1) is 12.2 Å². The average molecular weight is 293 g/mol. The van der Waals surface area contributed by atoms with Gasteiger partial charge >= 0.3 is 12.0 Å². The summed E-state index contributed by atoms with van der Waals surface area (Å²) in [5, 5.41) is 4.86. The molecule has 0 aliphatic rings. The van der Waals surface area contributed by atoms with Gasteiger partial charge in [0.2, 0.25) is 5.91 Å². The van der Waals surface area contributed by atoms with Crippen LogP contribution >= 0.6 is 0 Å². The molecule has 1 aromatic rings. The third-order valence-corrected chi connectivity index (χ3v) is 2.58. The Kier molecular flexibility index (Phi) is 6.19. The zero-order valence-corrected chi connectivity index (χ0v) is 12.0. The molecule has 7 nitrogen and oxygen atoms in total. The van der Waals surface area contributed by atoms with E-state index in [2.05, 4.69) is 10.6 Å². The van der Waals surface area contributed by atoms with Crippen LogP contribution in [0.25, 0.3) is 0 Å². The lowest BCUT2D eigenvalue weighted by Crippen LogP contribution is -2.44. The molecule has 21 heavy (non-hydrogen) atoms. The number of hydrogen-bond acceptors (Lipinski definition) is 4. The summed E-state index contributed by atoms with van der Waals surface area (Å²) in [6, 6.07) is 4.75. The summed E-state index contributed by atoms with van der Waals surface area (Å²) < 4.78 is 4.99. The highest BCUT2D eigenvalue weighted by Crippen LogP contribution is 2.11. The number of benzene rings is 1. The maximum absolute atomic E-state index is 11.7. The Balaban J connectivity index is 2.60. The molecule has 0 saturated carbocycles. The quantitative estimate of drug-likeness (QED) is 0.685. The van der Waals surface area contributed by atoms with Gasteiger partial charge in [-0.15, -0.1) is 0 Å². The van der Waals surface area contributed by atoms with Crippen molar-refractivity contribution in [2.45, 2.75) is 26.3 Å². The van der Waals surface area contributed by atoms with Crippen molar-refractivity contribution in [1.29, 1.82) is 0 Å². The normalized spacial score (nSPS) is 11.3. The molecule has 0 aliphatic carbocycles. The number of rotatable bonds is 6. The molecule has 114 valence electrons. The van der Waals surface area contributed by atoms with Crippen molar-refractivity contribution in [1.82, 2.24) is 5.32 Å². The fourth-order valence-electron chi connectivity index (χ4n) is 1.50. The van der Waals surface area contributed by atoms with Crippen LogP contribution in [0.5, 0.6) is 0 Å². The second-order valence-corrected chi connectivity index (χ2v) is 4.43. The van der Waals surface area contributed by atoms with E-state index in [9.17, 15) is 14.4 Å². The number of primary amides is 1. The third-order valence-electron chi connectivity index (χ3n) is 2.58. The lowest BCUT2D eigenvalue weighted by atomic mass is 10.2. The topological polar surface area (TPSA) is 111 Å². The van der Waals surface area contributed by atoms with Gasteiger partial charge in [0, 0.05) is 5.69 Å². The van der Waals surface area contributed by atoms with Crippen molar-refractivity contribution >= 4 is 23.6 Å². The van der Waals surface area contributed by atoms with Crippen molar-refractivity contribution in [2.75, 3.05) is 11.9 Å². The van der Waals surface area contributed by atoms with Crippen LogP contribution in [0.15, 0.2) is 24.3 Å². The standard InChI is InChI=1S/C14H19N3O4/c1-3-8-21-13(19)10-4-6-11(7-5-10)17-12(18)9(2)16-14(15)20/h4-7,9H,3,8H2,1-2H3,(H,17,18)(H3,15,16,20). The molecule has 4 N–H and O–H groups in total. The summed E-state index contributed by atoms with van der Waals surface area (Å²) in [6.07, 6.45) is 0.755. The van der Waals surface area contributed by atoms with Crippen LogP contribution in [0.4, 0.5) is 10.5 Å². The highest BCUT2D eigenvalue weighted by atomic mass is 16.5. The monoisotopic (exact) mass is 293 g/mol. The van der Waals surface area contributed by atoms with E-state index in [1.165, 1.54) is 6.92 Å². The lowest BCUT2D eigenvalue weighted by molar-refractivity contribution is -0.117. The van der Waals surface area contributed by atoms with Gasteiger partial charge in [-0.25, -0.2) is 9.59 Å². The van der Waals surface area contributed by atoms with E-state index >= 15 is 0 Å². The maximum atomic E-state index is 11.7. The van der Waals surface area contributed by atoms with Gasteiger partial charge < -0.3 is 21.1 Å². The van der Waals surface area contributed by atoms with Gasteiger partial charge in [0.25, 0.3) is 0 Å². The van der Waals surface area contributed by atoms with Crippen molar-refractivity contribution in [3.63, 3.8) is 0 Å². The van der Waals surface area contributed by atoms with E-state index in [4.69, 9.17) is 10.5 Å². The first-order chi connectivity index (χ1) is 9.93. The predicted octanol–water partition coefficient (Wildman–Crippen LogP) is 1.25. The molecule has 0 bridgehead atoms. The first-order valence-electron chi connectivity index (χ1n) is 6.58. The molecule has 3 amide bonds. The molecule has 0 radical (unpaired) electrons. The number of amides is 3. The zero-order valence-electron chi connectivity index (χ0n) is 12.0. The van der Waals surface area contributed by atoms with Crippen LogP contribution in [0.2, 0.25) is 0 Å². The average Bonchev–Trinajstić information content (AvgIpc) is 2.44. The highest BCUT2D eigenvalue weighted by molar-refractivity contribution is 5.97. The minimum absolute atomic E-state index is 0.369. The number of esters is 1. The number of carbonyl (C=O) groups excluding carboxylic acids is 3. The third kappa shape index (κ3) is 5.52. The molecule has 1 unspecified atom stereocenters. The van der Waals surface area contributed by atoms with Crippen LogP contribution in [-0.4, -0.2) is 30.6 Å². The predicted molar refractivity (Wildman–Crippen MR) is 77.8 cm³/mol. The molecule has 0 aliphatic heterocycles. The Hall–Kier alpha value is -2.57. The fourth-order valence-corrected chi connectivity index (χ4v) is 1.50. The second-order valence-electron chi connectivity index (χ2n) is 4.43. The molecule has 7 heteroatoms. The molecule has 0 aromatic heterocycles. The van der Waals surface area contributed by atoms with Gasteiger partial charge in [-0.3, -0.25) is 4.79 Å². The number of urea groups is 1. The van der Waals surface area contributed by atoms with E-state index in [-0.39, 0.29) is 0 Å². The largest absolute Gasteiger partial charge is 0.462 e. The second kappa shape index (κ2) is 7.88. The van der Waals surface area contributed by atoms with Gasteiger partial charge in [-0.2, -0.15) is 0 Å². The first kappa shape index (κ1) is 16.5. The first-order valence-corrected chi connectivity index (χ1v) is 6.58. The number of nitrogens with two attached hydrogens (primary N) is 1. The smallest absolute Gasteiger partial charge is 0.338 e. The summed E-state index contributed by atoms with van der Waals surface area (Å²) in [5.41, 5.74) is 5.85. The zero-order chi connectivity index (χ0) is 15.8. The van der Waals surface area contributed by atoms with Crippen LogP contribution in [-0.2, 0) is 9.53 Å². The Labute approximate surface area is 122 Å². The van der Waals surface area contributed by atoms with Crippen molar-refractivity contribution in [3.8, 4) is 0 Å². The summed E-state index contributed by atoms with van der Waals surface area (Å²) in [4.78, 5) is 34.0. The van der Waals surface area contributed by atoms with Gasteiger partial charge in [-0.05, 0) is 37.6 Å². The fraction of sp³-hybridized carbons (Fsp3) is 0.357. The van der Waals surface area contributed by atoms with Gasteiger partial charge in [0.15, 0.2) is 0 Å². The number of hydrogen-bond donors (Lipinski definition) is 3. The molecule has 1 aromatic carbocycles. The number of carbonyl (C=O) groups is 3.